The van der Waals surface area contributed by atoms with Crippen LogP contribution in [-0.2, 0) is 0 Å². The number of aliphatic imine (C=N–C) groups is 1. The summed E-state index contributed by atoms with van der Waals surface area (Å²) in [4.78, 5) is 4.21. The van der Waals surface area contributed by atoms with E-state index in [4.69, 9.17) is 0 Å². The number of hydrogen-bond donors (Lipinski definition) is 1. The fourth-order valence-corrected chi connectivity index (χ4v) is 2.31. The van der Waals surface area contributed by atoms with Gasteiger partial charge in [0.2, 0.25) is 0 Å². The van der Waals surface area contributed by atoms with E-state index in [-0.39, 0.29) is 5.41 Å². The van der Waals surface area contributed by atoms with Gasteiger partial charge in [0, 0.05) is 6.54 Å². The third-order valence-corrected chi connectivity index (χ3v) is 2.54. The van der Waals surface area contributed by atoms with Crippen molar-refractivity contribution in [2.75, 3.05) is 6.54 Å². The van der Waals surface area contributed by atoms with Gasteiger partial charge < -0.3 is 5.09 Å². The molecular weight excluding hydrogens is 211 g/mol. The Morgan fingerprint density at radius 3 is 2.64 bits per heavy atom. The van der Waals surface area contributed by atoms with E-state index in [0.29, 0.717) is 6.04 Å². The van der Waals surface area contributed by atoms with E-state index in [1.807, 2.05) is 0 Å². The SMILES string of the molecule is CCCC(CC(C)(C)CNP)N=C=S. The monoisotopic (exact) mass is 232 g/mol. The summed E-state index contributed by atoms with van der Waals surface area (Å²) in [6, 6.07) is 0.339. The molecular formula is C10H21N2PS. The molecule has 0 radical (unpaired) electrons. The summed E-state index contributed by atoms with van der Waals surface area (Å²) in [6.45, 7) is 7.63. The molecule has 0 aromatic heterocycles. The highest BCUT2D eigenvalue weighted by atomic mass is 32.1. The molecule has 0 aliphatic heterocycles. The fourth-order valence-electron chi connectivity index (χ4n) is 1.61. The van der Waals surface area contributed by atoms with Crippen molar-refractivity contribution >= 4 is 26.8 Å². The minimum absolute atomic E-state index is 0.261. The molecule has 0 rings (SSSR count). The average Bonchev–Trinajstić information content (AvgIpc) is 2.03. The smallest absolute Gasteiger partial charge is 0.0608 e. The van der Waals surface area contributed by atoms with Crippen molar-refractivity contribution in [2.24, 2.45) is 10.4 Å². The van der Waals surface area contributed by atoms with Gasteiger partial charge in [-0.15, -0.1) is 0 Å². The number of rotatable bonds is 7. The summed E-state index contributed by atoms with van der Waals surface area (Å²) < 4.78 is 0. The van der Waals surface area contributed by atoms with E-state index in [0.717, 1.165) is 25.8 Å². The Morgan fingerprint density at radius 1 is 1.57 bits per heavy atom. The third kappa shape index (κ3) is 6.62. The van der Waals surface area contributed by atoms with Crippen LogP contribution in [0.3, 0.4) is 0 Å². The van der Waals surface area contributed by atoms with Crippen molar-refractivity contribution in [1.82, 2.24) is 5.09 Å². The lowest BCUT2D eigenvalue weighted by atomic mass is 9.85. The first-order chi connectivity index (χ1) is 6.55. The molecule has 0 amide bonds. The van der Waals surface area contributed by atoms with Crippen LogP contribution in [-0.4, -0.2) is 17.7 Å². The van der Waals surface area contributed by atoms with Crippen LogP contribution in [0.25, 0.3) is 0 Å². The zero-order chi connectivity index (χ0) is 11.0. The van der Waals surface area contributed by atoms with Crippen LogP contribution in [0, 0.1) is 5.41 Å². The van der Waals surface area contributed by atoms with E-state index in [9.17, 15) is 0 Å². The van der Waals surface area contributed by atoms with Gasteiger partial charge in [-0.3, -0.25) is 0 Å². The van der Waals surface area contributed by atoms with Crippen molar-refractivity contribution in [3.8, 4) is 0 Å². The number of nitrogens with zero attached hydrogens (tertiary/aromatic N) is 1. The van der Waals surface area contributed by atoms with Crippen molar-refractivity contribution in [3.63, 3.8) is 0 Å². The first-order valence-electron chi connectivity index (χ1n) is 5.06. The number of thiocarbonyl (C=S) groups is 1. The van der Waals surface area contributed by atoms with Gasteiger partial charge in [0.1, 0.15) is 0 Å². The molecule has 4 heteroatoms. The second-order valence-corrected chi connectivity index (χ2v) is 5.00. The summed E-state index contributed by atoms with van der Waals surface area (Å²) in [5.41, 5.74) is 0.261. The number of nitrogens with one attached hydrogen (secondary N) is 1. The fraction of sp³-hybridized carbons (Fsp3) is 0.900. The Bertz CT molecular complexity index is 200. The second-order valence-electron chi connectivity index (χ2n) is 4.41. The highest BCUT2D eigenvalue weighted by Crippen LogP contribution is 2.25. The summed E-state index contributed by atoms with van der Waals surface area (Å²) in [5.74, 6) is 0. The number of hydrogen-bond acceptors (Lipinski definition) is 3. The van der Waals surface area contributed by atoms with Gasteiger partial charge in [-0.05, 0) is 30.5 Å². The quantitative estimate of drug-likeness (QED) is 0.414. The molecule has 0 aliphatic rings. The molecule has 0 aromatic carbocycles. The Kier molecular flexibility index (Phi) is 7.58. The van der Waals surface area contributed by atoms with Crippen LogP contribution in [0.4, 0.5) is 0 Å². The Morgan fingerprint density at radius 2 is 2.21 bits per heavy atom. The van der Waals surface area contributed by atoms with Crippen molar-refractivity contribution < 1.29 is 0 Å². The van der Waals surface area contributed by atoms with E-state index < -0.39 is 0 Å². The molecule has 0 heterocycles. The van der Waals surface area contributed by atoms with E-state index in [1.165, 1.54) is 0 Å². The zero-order valence-corrected chi connectivity index (χ0v) is 11.3. The van der Waals surface area contributed by atoms with Crippen LogP contribution in [0.15, 0.2) is 4.99 Å². The maximum atomic E-state index is 4.66. The molecule has 0 spiro atoms. The lowest BCUT2D eigenvalue weighted by Crippen LogP contribution is -2.28. The molecule has 0 saturated heterocycles. The van der Waals surface area contributed by atoms with E-state index >= 15 is 0 Å². The summed E-state index contributed by atoms with van der Waals surface area (Å²) in [7, 11) is 2.54. The lowest BCUT2D eigenvalue weighted by molar-refractivity contribution is 0.301. The van der Waals surface area contributed by atoms with Gasteiger partial charge >= 0.3 is 0 Å². The zero-order valence-electron chi connectivity index (χ0n) is 9.34. The number of isothiocyanates is 1. The van der Waals surface area contributed by atoms with Gasteiger partial charge in [0.15, 0.2) is 0 Å². The molecule has 0 aromatic rings. The first kappa shape index (κ1) is 14.2. The van der Waals surface area contributed by atoms with E-state index in [1.54, 1.807) is 0 Å². The highest BCUT2D eigenvalue weighted by Gasteiger charge is 2.21. The predicted octanol–water partition coefficient (Wildman–Crippen LogP) is 3.05. The van der Waals surface area contributed by atoms with Gasteiger partial charge in [-0.2, -0.15) is 0 Å². The molecule has 0 bridgehead atoms. The molecule has 0 aliphatic carbocycles. The third-order valence-electron chi connectivity index (χ3n) is 2.23. The van der Waals surface area contributed by atoms with Crippen LogP contribution in [0.5, 0.6) is 0 Å². The predicted molar refractivity (Wildman–Crippen MR) is 69.8 cm³/mol. The molecule has 82 valence electrons. The van der Waals surface area contributed by atoms with Crippen molar-refractivity contribution in [1.29, 1.82) is 0 Å². The highest BCUT2D eigenvalue weighted by molar-refractivity contribution is 7.78. The largest absolute Gasteiger partial charge is 0.300 e. The summed E-state index contributed by atoms with van der Waals surface area (Å²) >= 11 is 4.66. The minimum atomic E-state index is 0.261. The molecule has 0 fully saturated rings. The van der Waals surface area contributed by atoms with Crippen LogP contribution >= 0.6 is 21.6 Å². The topological polar surface area (TPSA) is 24.4 Å². The normalized spacial score (nSPS) is 13.4. The van der Waals surface area contributed by atoms with Crippen LogP contribution in [0.1, 0.15) is 40.0 Å². The molecule has 2 unspecified atom stereocenters. The van der Waals surface area contributed by atoms with Gasteiger partial charge in [-0.25, -0.2) is 4.99 Å². The molecule has 14 heavy (non-hydrogen) atoms. The first-order valence-corrected chi connectivity index (χ1v) is 6.04. The lowest BCUT2D eigenvalue weighted by Gasteiger charge is -2.27. The van der Waals surface area contributed by atoms with Gasteiger partial charge in [0.05, 0.1) is 11.2 Å². The molecule has 0 saturated carbocycles. The molecule has 2 nitrogen and oxygen atoms in total. The summed E-state index contributed by atoms with van der Waals surface area (Å²) in [5, 5.41) is 5.63. The van der Waals surface area contributed by atoms with Crippen molar-refractivity contribution in [2.45, 2.75) is 46.1 Å². The maximum absolute atomic E-state index is 4.66. The average molecular weight is 232 g/mol. The second kappa shape index (κ2) is 7.48. The Balaban J connectivity index is 4.19. The molecule has 1 N–H and O–H groups in total. The maximum Gasteiger partial charge on any atom is 0.0608 e. The van der Waals surface area contributed by atoms with Crippen LogP contribution < -0.4 is 5.09 Å². The van der Waals surface area contributed by atoms with Gasteiger partial charge in [-0.1, -0.05) is 36.6 Å². The Hall–Kier alpha value is 0.190. The van der Waals surface area contributed by atoms with E-state index in [2.05, 4.69) is 57.6 Å². The molecule has 2 atom stereocenters. The van der Waals surface area contributed by atoms with Crippen molar-refractivity contribution in [3.05, 3.63) is 0 Å². The van der Waals surface area contributed by atoms with Gasteiger partial charge in [0.25, 0.3) is 0 Å². The summed E-state index contributed by atoms with van der Waals surface area (Å²) in [6.07, 6.45) is 3.31. The minimum Gasteiger partial charge on any atom is -0.300 e. The Labute approximate surface area is 95.2 Å². The van der Waals surface area contributed by atoms with Crippen LogP contribution in [0.2, 0.25) is 0 Å². The standard InChI is InChI=1S/C10H21N2PS/c1-4-5-9(11-8-14)6-10(2,3)7-12-13/h9,12H,4-7,13H2,1-3H3.